The number of rotatable bonds is 2. The van der Waals surface area contributed by atoms with Crippen LogP contribution in [-0.4, -0.2) is 15.6 Å². The van der Waals surface area contributed by atoms with Crippen molar-refractivity contribution >= 4 is 46.3 Å². The Kier molecular flexibility index (Phi) is 3.45. The van der Waals surface area contributed by atoms with Crippen LogP contribution in [0.15, 0.2) is 28.3 Å². The molecule has 0 heterocycles. The highest BCUT2D eigenvalue weighted by Gasteiger charge is 2.57. The lowest BCUT2D eigenvalue weighted by atomic mass is 9.90. The van der Waals surface area contributed by atoms with Crippen LogP contribution in [0, 0.1) is 20.2 Å². The van der Waals surface area contributed by atoms with E-state index in [9.17, 15) is 25.0 Å². The zero-order valence-electron chi connectivity index (χ0n) is 9.30. The molecule has 0 amide bonds. The molecule has 10 heteroatoms. The zero-order valence-corrected chi connectivity index (χ0v) is 11.6. The van der Waals surface area contributed by atoms with Crippen LogP contribution >= 0.6 is 34.8 Å². The summed E-state index contributed by atoms with van der Waals surface area (Å²) < 4.78 is 0. The average molecular weight is 338 g/mol. The molecule has 104 valence electrons. The Labute approximate surface area is 126 Å². The molecule has 20 heavy (non-hydrogen) atoms. The second kappa shape index (κ2) is 4.69. The minimum absolute atomic E-state index is 0.319. The minimum atomic E-state index is -2.66. The van der Waals surface area contributed by atoms with Gasteiger partial charge in [-0.1, -0.05) is 29.3 Å². The summed E-state index contributed by atoms with van der Waals surface area (Å²) in [5.41, 5.74) is -1.58. The fourth-order valence-corrected chi connectivity index (χ4v) is 2.70. The molecule has 1 aromatic carbocycles. The molecule has 0 bridgehead atoms. The maximum atomic E-state index is 11.9. The van der Waals surface area contributed by atoms with E-state index < -0.39 is 41.9 Å². The highest BCUT2D eigenvalue weighted by Crippen LogP contribution is 2.50. The van der Waals surface area contributed by atoms with Gasteiger partial charge >= 0.3 is 5.00 Å². The molecule has 1 atom stereocenters. The summed E-state index contributed by atoms with van der Waals surface area (Å²) in [5.74, 6) is -0.853. The first-order chi connectivity index (χ1) is 9.22. The third kappa shape index (κ3) is 1.78. The van der Waals surface area contributed by atoms with Gasteiger partial charge in [0.25, 0.3) is 5.69 Å². The molecule has 1 unspecified atom stereocenters. The Balaban J connectivity index is 2.96. The van der Waals surface area contributed by atoms with Gasteiger partial charge in [0.15, 0.2) is 0 Å². The predicted molar refractivity (Wildman–Crippen MR) is 70.7 cm³/mol. The molecule has 0 aromatic heterocycles. The molecular weight excluding hydrogens is 334 g/mol. The standard InChI is InChI=1S/C10H3Cl3N2O5/c11-7-8(16)4-2-1-3-5(14(17)18)6(4)10(13,9(7)12)15(19)20/h1-3H. The van der Waals surface area contributed by atoms with Crippen molar-refractivity contribution in [1.82, 2.24) is 0 Å². The second-order valence-electron chi connectivity index (χ2n) is 3.79. The van der Waals surface area contributed by atoms with Gasteiger partial charge < -0.3 is 0 Å². The van der Waals surface area contributed by atoms with E-state index in [0.717, 1.165) is 12.1 Å². The number of benzene rings is 1. The number of hydrogen-bond acceptors (Lipinski definition) is 5. The maximum Gasteiger partial charge on any atom is 0.365 e. The molecule has 1 aromatic rings. The van der Waals surface area contributed by atoms with Crippen molar-refractivity contribution < 1.29 is 14.6 Å². The van der Waals surface area contributed by atoms with Crippen molar-refractivity contribution in [2.45, 2.75) is 5.00 Å². The number of halogens is 3. The monoisotopic (exact) mass is 336 g/mol. The number of nitro benzene ring substituents is 1. The van der Waals surface area contributed by atoms with Crippen LogP contribution in [0.1, 0.15) is 15.9 Å². The first kappa shape index (κ1) is 14.7. The Bertz CT molecular complexity index is 702. The summed E-state index contributed by atoms with van der Waals surface area (Å²) in [5, 5.41) is 20.8. The lowest BCUT2D eigenvalue weighted by Gasteiger charge is -2.24. The van der Waals surface area contributed by atoms with Gasteiger partial charge in [0.05, 0.1) is 9.85 Å². The molecule has 0 fully saturated rings. The van der Waals surface area contributed by atoms with Crippen LogP contribution in [0.2, 0.25) is 0 Å². The largest absolute Gasteiger partial charge is 0.365 e. The Morgan fingerprint density at radius 1 is 1.15 bits per heavy atom. The number of carbonyl (C=O) groups excluding carboxylic acids is 1. The first-order valence-electron chi connectivity index (χ1n) is 4.94. The van der Waals surface area contributed by atoms with Crippen LogP contribution in [0.25, 0.3) is 0 Å². The molecule has 1 aliphatic rings. The summed E-state index contributed by atoms with van der Waals surface area (Å²) >= 11 is 17.2. The van der Waals surface area contributed by atoms with Gasteiger partial charge in [-0.05, 0) is 17.7 Å². The predicted octanol–water partition coefficient (Wildman–Crippen LogP) is 3.15. The number of ketones is 1. The summed E-state index contributed by atoms with van der Waals surface area (Å²) in [6.45, 7) is 0. The summed E-state index contributed by atoms with van der Waals surface area (Å²) in [4.78, 5) is 29.6. The number of hydrogen-bond donors (Lipinski definition) is 0. The van der Waals surface area contributed by atoms with Gasteiger partial charge in [0.1, 0.15) is 15.6 Å². The van der Waals surface area contributed by atoms with E-state index in [4.69, 9.17) is 34.8 Å². The number of nitrogens with zero attached hydrogens (tertiary/aromatic N) is 2. The normalized spacial score (nSPS) is 21.6. The summed E-state index contributed by atoms with van der Waals surface area (Å²) in [6, 6.07) is 3.36. The zero-order chi connectivity index (χ0) is 15.2. The van der Waals surface area contributed by atoms with E-state index in [1.54, 1.807) is 0 Å². The fraction of sp³-hybridized carbons (Fsp3) is 0.100. The van der Waals surface area contributed by atoms with E-state index in [-0.39, 0.29) is 5.56 Å². The van der Waals surface area contributed by atoms with Crippen LogP contribution in [0.3, 0.4) is 0 Å². The number of fused-ring (bicyclic) bond motifs is 1. The van der Waals surface area contributed by atoms with Gasteiger partial charge in [0.2, 0.25) is 5.78 Å². The molecule has 2 rings (SSSR count). The Morgan fingerprint density at radius 3 is 2.25 bits per heavy atom. The number of carbonyl (C=O) groups is 1. The number of Topliss-reactive ketones (excluding diaryl/α,β-unsaturated/α-hetero) is 1. The molecular formula is C10H3Cl3N2O5. The van der Waals surface area contributed by atoms with Crippen molar-refractivity contribution in [3.8, 4) is 0 Å². The van der Waals surface area contributed by atoms with Crippen LogP contribution in [0.5, 0.6) is 0 Å². The highest BCUT2D eigenvalue weighted by molar-refractivity contribution is 6.54. The third-order valence-corrected chi connectivity index (χ3v) is 4.28. The Morgan fingerprint density at radius 2 is 1.75 bits per heavy atom. The van der Waals surface area contributed by atoms with E-state index in [1.807, 2.05) is 0 Å². The van der Waals surface area contributed by atoms with Crippen molar-refractivity contribution in [2.75, 3.05) is 0 Å². The van der Waals surface area contributed by atoms with Crippen molar-refractivity contribution in [3.63, 3.8) is 0 Å². The lowest BCUT2D eigenvalue weighted by Crippen LogP contribution is -2.36. The van der Waals surface area contributed by atoms with E-state index in [1.165, 1.54) is 6.07 Å². The molecule has 1 aliphatic carbocycles. The van der Waals surface area contributed by atoms with Gasteiger partial charge in [-0.15, -0.1) is 0 Å². The topological polar surface area (TPSA) is 103 Å². The highest BCUT2D eigenvalue weighted by atomic mass is 35.5. The van der Waals surface area contributed by atoms with Gasteiger partial charge in [-0.2, -0.15) is 0 Å². The van der Waals surface area contributed by atoms with E-state index in [0.29, 0.717) is 0 Å². The molecule has 0 aliphatic heterocycles. The van der Waals surface area contributed by atoms with Crippen molar-refractivity contribution in [3.05, 3.63) is 59.6 Å². The van der Waals surface area contributed by atoms with Crippen molar-refractivity contribution in [1.29, 1.82) is 0 Å². The Hall–Kier alpha value is -1.70. The summed E-state index contributed by atoms with van der Waals surface area (Å²) in [6.07, 6.45) is 0. The molecule has 7 nitrogen and oxygen atoms in total. The van der Waals surface area contributed by atoms with E-state index >= 15 is 0 Å². The molecule has 0 saturated carbocycles. The van der Waals surface area contributed by atoms with Crippen molar-refractivity contribution in [2.24, 2.45) is 0 Å². The molecule has 0 saturated heterocycles. The van der Waals surface area contributed by atoms with Crippen LogP contribution < -0.4 is 0 Å². The molecule has 0 spiro atoms. The third-order valence-electron chi connectivity index (χ3n) is 2.75. The smallest absolute Gasteiger partial charge is 0.288 e. The van der Waals surface area contributed by atoms with E-state index in [2.05, 4.69) is 0 Å². The van der Waals surface area contributed by atoms with Crippen LogP contribution in [0.4, 0.5) is 5.69 Å². The second-order valence-corrected chi connectivity index (χ2v) is 5.10. The fourth-order valence-electron chi connectivity index (χ4n) is 1.87. The number of alkyl halides is 1. The minimum Gasteiger partial charge on any atom is -0.288 e. The molecule has 0 radical (unpaired) electrons. The SMILES string of the molecule is O=C1C(Cl)=C(Cl)C(Cl)([N+](=O)[O-])c2c1cccc2[N+](=O)[O-]. The van der Waals surface area contributed by atoms with Gasteiger partial charge in [0, 0.05) is 11.6 Å². The van der Waals surface area contributed by atoms with Crippen LogP contribution in [-0.2, 0) is 5.00 Å². The quantitative estimate of drug-likeness (QED) is 0.357. The average Bonchev–Trinajstić information content (AvgIpc) is 2.41. The number of allylic oxidation sites excluding steroid dienone is 1. The lowest BCUT2D eigenvalue weighted by molar-refractivity contribution is -0.538. The maximum absolute atomic E-state index is 11.9. The van der Waals surface area contributed by atoms with Gasteiger partial charge in [-0.3, -0.25) is 25.0 Å². The summed E-state index contributed by atoms with van der Waals surface area (Å²) in [7, 11) is 0. The van der Waals surface area contributed by atoms with Gasteiger partial charge in [-0.25, -0.2) is 0 Å². The molecule has 0 N–H and O–H groups in total. The first-order valence-corrected chi connectivity index (χ1v) is 6.08. The number of nitro groups is 2.